The third-order valence-corrected chi connectivity index (χ3v) is 6.09. The summed E-state index contributed by atoms with van der Waals surface area (Å²) < 4.78 is 11.5. The largest absolute Gasteiger partial charge is 0.381 e. The molecule has 5 heteroatoms. The van der Waals surface area contributed by atoms with Crippen LogP contribution in [0.25, 0.3) is 0 Å². The monoisotopic (exact) mass is 401 g/mol. The number of benzene rings is 1. The lowest BCUT2D eigenvalue weighted by atomic mass is 9.75. The zero-order valence-corrected chi connectivity index (χ0v) is 18.5. The van der Waals surface area contributed by atoms with Crippen LogP contribution in [0, 0.1) is 5.41 Å². The van der Waals surface area contributed by atoms with Crippen LogP contribution in [-0.4, -0.2) is 37.9 Å². The molecule has 29 heavy (non-hydrogen) atoms. The fourth-order valence-electron chi connectivity index (χ4n) is 4.10. The molecule has 0 spiro atoms. The van der Waals surface area contributed by atoms with Crippen LogP contribution in [0.1, 0.15) is 70.4 Å². The van der Waals surface area contributed by atoms with Crippen molar-refractivity contribution in [2.24, 2.45) is 10.4 Å². The summed E-state index contributed by atoms with van der Waals surface area (Å²) in [4.78, 5) is 4.84. The zero-order chi connectivity index (χ0) is 20.5. The van der Waals surface area contributed by atoms with Crippen molar-refractivity contribution >= 4 is 5.96 Å². The van der Waals surface area contributed by atoms with Crippen LogP contribution in [0.5, 0.6) is 0 Å². The Kier molecular flexibility index (Phi) is 8.37. The fraction of sp³-hybridized carbons (Fsp3) is 0.708. The number of ether oxygens (including phenoxy) is 2. The van der Waals surface area contributed by atoms with Crippen LogP contribution in [0.2, 0.25) is 0 Å². The summed E-state index contributed by atoms with van der Waals surface area (Å²) in [5.41, 5.74) is 2.93. The van der Waals surface area contributed by atoms with Gasteiger partial charge in [0.15, 0.2) is 5.96 Å². The van der Waals surface area contributed by atoms with E-state index >= 15 is 0 Å². The quantitative estimate of drug-likeness (QED) is 0.525. The third-order valence-electron chi connectivity index (χ3n) is 6.09. The van der Waals surface area contributed by atoms with Gasteiger partial charge in [-0.2, -0.15) is 0 Å². The van der Waals surface area contributed by atoms with Gasteiger partial charge >= 0.3 is 0 Å². The van der Waals surface area contributed by atoms with Crippen molar-refractivity contribution in [1.29, 1.82) is 0 Å². The van der Waals surface area contributed by atoms with Crippen molar-refractivity contribution in [2.75, 3.05) is 19.8 Å². The summed E-state index contributed by atoms with van der Waals surface area (Å²) in [6.45, 7) is 10.7. The second-order valence-electron chi connectivity index (χ2n) is 9.22. The predicted octanol–water partition coefficient (Wildman–Crippen LogP) is 4.41. The first-order chi connectivity index (χ1) is 14.0. The van der Waals surface area contributed by atoms with E-state index in [1.54, 1.807) is 0 Å². The Balaban J connectivity index is 1.51. The highest BCUT2D eigenvalue weighted by Crippen LogP contribution is 2.34. The van der Waals surface area contributed by atoms with Crippen LogP contribution in [0.15, 0.2) is 29.3 Å². The number of nitrogens with one attached hydrogen (secondary N) is 2. The first-order valence-electron chi connectivity index (χ1n) is 11.4. The van der Waals surface area contributed by atoms with Gasteiger partial charge in [-0.25, -0.2) is 4.99 Å². The SMILES string of the molecule is CCNC(=NCc1cccc(COC2CCOCC2)c1)NC1CCC(C)(C)CC1. The molecule has 0 amide bonds. The van der Waals surface area contributed by atoms with Gasteiger partial charge in [0.05, 0.1) is 19.3 Å². The Bertz CT molecular complexity index is 643. The molecule has 0 aromatic heterocycles. The van der Waals surface area contributed by atoms with Crippen molar-refractivity contribution < 1.29 is 9.47 Å². The second kappa shape index (κ2) is 11.0. The fourth-order valence-corrected chi connectivity index (χ4v) is 4.10. The maximum Gasteiger partial charge on any atom is 0.191 e. The maximum atomic E-state index is 6.06. The molecule has 2 fully saturated rings. The normalized spacial score (nSPS) is 21.1. The van der Waals surface area contributed by atoms with Crippen LogP contribution >= 0.6 is 0 Å². The van der Waals surface area contributed by atoms with E-state index in [9.17, 15) is 0 Å². The molecule has 0 bridgehead atoms. The first-order valence-corrected chi connectivity index (χ1v) is 11.4. The molecular formula is C24H39N3O2. The highest BCUT2D eigenvalue weighted by atomic mass is 16.5. The summed E-state index contributed by atoms with van der Waals surface area (Å²) in [6, 6.07) is 9.14. The maximum absolute atomic E-state index is 6.06. The average molecular weight is 402 g/mol. The van der Waals surface area contributed by atoms with Crippen molar-refractivity contribution in [3.05, 3.63) is 35.4 Å². The second-order valence-corrected chi connectivity index (χ2v) is 9.22. The molecule has 2 aliphatic rings. The number of hydrogen-bond acceptors (Lipinski definition) is 3. The molecule has 1 aromatic carbocycles. The molecule has 0 radical (unpaired) electrons. The van der Waals surface area contributed by atoms with Gasteiger partial charge in [0.1, 0.15) is 0 Å². The smallest absolute Gasteiger partial charge is 0.191 e. The lowest BCUT2D eigenvalue weighted by Crippen LogP contribution is -2.45. The first kappa shape index (κ1) is 22.1. The van der Waals surface area contributed by atoms with Crippen LogP contribution < -0.4 is 10.6 Å². The van der Waals surface area contributed by atoms with E-state index < -0.39 is 0 Å². The van der Waals surface area contributed by atoms with E-state index in [4.69, 9.17) is 14.5 Å². The Morgan fingerprint density at radius 2 is 1.86 bits per heavy atom. The Morgan fingerprint density at radius 3 is 2.59 bits per heavy atom. The number of rotatable bonds is 7. The molecule has 3 rings (SSSR count). The van der Waals surface area contributed by atoms with Gasteiger partial charge < -0.3 is 20.1 Å². The van der Waals surface area contributed by atoms with E-state index in [0.29, 0.717) is 30.7 Å². The topological polar surface area (TPSA) is 54.9 Å². The molecule has 5 nitrogen and oxygen atoms in total. The molecule has 2 N–H and O–H groups in total. The minimum absolute atomic E-state index is 0.329. The number of aliphatic imine (C=N–C) groups is 1. The summed E-state index contributed by atoms with van der Waals surface area (Å²) in [5, 5.41) is 7.06. The minimum Gasteiger partial charge on any atom is -0.381 e. The highest BCUT2D eigenvalue weighted by molar-refractivity contribution is 5.80. The third kappa shape index (κ3) is 7.63. The molecule has 0 unspecified atom stereocenters. The van der Waals surface area contributed by atoms with Crippen molar-refractivity contribution in [1.82, 2.24) is 10.6 Å². The van der Waals surface area contributed by atoms with Crippen LogP contribution in [0.3, 0.4) is 0 Å². The van der Waals surface area contributed by atoms with Gasteiger partial charge in [0.2, 0.25) is 0 Å². The molecule has 1 saturated carbocycles. The number of hydrogen-bond donors (Lipinski definition) is 2. The van der Waals surface area contributed by atoms with Crippen molar-refractivity contribution in [2.45, 2.75) is 84.6 Å². The predicted molar refractivity (Wildman–Crippen MR) is 119 cm³/mol. The minimum atomic E-state index is 0.329. The van der Waals surface area contributed by atoms with Gasteiger partial charge in [0.25, 0.3) is 0 Å². The summed E-state index contributed by atoms with van der Waals surface area (Å²) in [6.07, 6.45) is 7.32. The van der Waals surface area contributed by atoms with Gasteiger partial charge in [-0.15, -0.1) is 0 Å². The van der Waals surface area contributed by atoms with E-state index in [1.807, 2.05) is 0 Å². The lowest BCUT2D eigenvalue weighted by molar-refractivity contribution is -0.0390. The summed E-state index contributed by atoms with van der Waals surface area (Å²) >= 11 is 0. The highest BCUT2D eigenvalue weighted by Gasteiger charge is 2.27. The van der Waals surface area contributed by atoms with Crippen molar-refractivity contribution in [3.8, 4) is 0 Å². The lowest BCUT2D eigenvalue weighted by Gasteiger charge is -2.35. The summed E-state index contributed by atoms with van der Waals surface area (Å²) in [7, 11) is 0. The standard InChI is InChI=1S/C24H39N3O2/c1-4-25-23(27-21-8-12-24(2,3)13-9-21)26-17-19-6-5-7-20(16-19)18-29-22-10-14-28-15-11-22/h5-7,16,21-22H,4,8-15,17-18H2,1-3H3,(H2,25,26,27). The average Bonchev–Trinajstić information content (AvgIpc) is 2.73. The zero-order valence-electron chi connectivity index (χ0n) is 18.5. The van der Waals surface area contributed by atoms with Crippen molar-refractivity contribution in [3.63, 3.8) is 0 Å². The Morgan fingerprint density at radius 1 is 1.14 bits per heavy atom. The van der Waals surface area contributed by atoms with E-state index in [-0.39, 0.29) is 0 Å². The molecule has 1 saturated heterocycles. The number of nitrogens with zero attached hydrogens (tertiary/aromatic N) is 1. The van der Waals surface area contributed by atoms with E-state index in [0.717, 1.165) is 38.6 Å². The van der Waals surface area contributed by atoms with Gasteiger partial charge in [-0.05, 0) is 62.0 Å². The van der Waals surface area contributed by atoms with Gasteiger partial charge in [0, 0.05) is 25.8 Å². The molecule has 1 aliphatic carbocycles. The van der Waals surface area contributed by atoms with Crippen LogP contribution in [-0.2, 0) is 22.6 Å². The molecule has 0 atom stereocenters. The molecule has 1 aromatic rings. The number of guanidine groups is 1. The van der Waals surface area contributed by atoms with Crippen LogP contribution in [0.4, 0.5) is 0 Å². The Labute approximate surface area is 176 Å². The molecule has 162 valence electrons. The van der Waals surface area contributed by atoms with Gasteiger partial charge in [-0.1, -0.05) is 38.1 Å². The summed E-state index contributed by atoms with van der Waals surface area (Å²) in [5.74, 6) is 0.932. The molecule has 1 heterocycles. The van der Waals surface area contributed by atoms with E-state index in [2.05, 4.69) is 55.7 Å². The van der Waals surface area contributed by atoms with E-state index in [1.165, 1.54) is 36.8 Å². The molecular weight excluding hydrogens is 362 g/mol. The Hall–Kier alpha value is -1.59. The van der Waals surface area contributed by atoms with Gasteiger partial charge in [-0.3, -0.25) is 0 Å². The molecule has 1 aliphatic heterocycles.